The Labute approximate surface area is 132 Å². The number of benzene rings is 2. The highest BCUT2D eigenvalue weighted by molar-refractivity contribution is 6.34. The molecule has 3 N–H and O–H groups in total. The van der Waals surface area contributed by atoms with E-state index in [1.54, 1.807) is 12.1 Å². The quantitative estimate of drug-likeness (QED) is 0.888. The number of phenolic OH excluding ortho intramolecular Hbond substituents is 1. The molecule has 0 saturated carbocycles. The highest BCUT2D eigenvalue weighted by atomic mass is 35.5. The monoisotopic (exact) mass is 321 g/mol. The van der Waals surface area contributed by atoms with Crippen molar-refractivity contribution >= 4 is 34.8 Å². The normalized spacial score (nSPS) is 17.9. The van der Waals surface area contributed by atoms with Gasteiger partial charge in [-0.1, -0.05) is 41.4 Å². The number of aromatic hydroxyl groups is 1. The topological polar surface area (TPSA) is 61.9 Å². The van der Waals surface area contributed by atoms with Gasteiger partial charge in [-0.05, 0) is 29.8 Å². The van der Waals surface area contributed by atoms with Crippen molar-refractivity contribution in [1.82, 2.24) is 0 Å². The first-order valence-corrected chi connectivity index (χ1v) is 7.15. The summed E-state index contributed by atoms with van der Waals surface area (Å²) in [5, 5.41) is 10.5. The predicted molar refractivity (Wildman–Crippen MR) is 86.3 cm³/mol. The van der Waals surface area contributed by atoms with Gasteiger partial charge in [0.25, 0.3) is 0 Å². The molecule has 4 nitrogen and oxygen atoms in total. The zero-order valence-electron chi connectivity index (χ0n) is 11.0. The summed E-state index contributed by atoms with van der Waals surface area (Å²) in [6.45, 7) is 0.512. The average Bonchev–Trinajstić information content (AvgIpc) is 2.84. The number of halogens is 2. The predicted octanol–water partition coefficient (Wildman–Crippen LogP) is 3.58. The molecule has 0 spiro atoms. The molecule has 1 atom stereocenters. The lowest BCUT2D eigenvalue weighted by Crippen LogP contribution is -2.36. The molecule has 1 unspecified atom stereocenters. The molecule has 0 aromatic heterocycles. The Bertz CT molecular complexity index is 718. The molecule has 1 aliphatic rings. The lowest BCUT2D eigenvalue weighted by Gasteiger charge is -2.27. The van der Waals surface area contributed by atoms with Crippen LogP contribution >= 0.6 is 23.2 Å². The van der Waals surface area contributed by atoms with Crippen molar-refractivity contribution in [3.63, 3.8) is 0 Å². The van der Waals surface area contributed by atoms with Gasteiger partial charge in [-0.3, -0.25) is 4.99 Å². The van der Waals surface area contributed by atoms with Gasteiger partial charge in [-0.15, -0.1) is 0 Å². The fourth-order valence-electron chi connectivity index (χ4n) is 2.42. The first kappa shape index (κ1) is 14.0. The third-order valence-corrected chi connectivity index (χ3v) is 4.08. The smallest absolute Gasteiger partial charge is 0.196 e. The van der Waals surface area contributed by atoms with Gasteiger partial charge in [0, 0.05) is 0 Å². The van der Waals surface area contributed by atoms with Gasteiger partial charge in [0.05, 0.1) is 28.3 Å². The number of phenols is 1. The fraction of sp³-hybridized carbons (Fsp3) is 0.133. The van der Waals surface area contributed by atoms with Crippen molar-refractivity contribution in [1.29, 1.82) is 0 Å². The minimum absolute atomic E-state index is 0.0524. The molecule has 0 amide bonds. The highest BCUT2D eigenvalue weighted by Crippen LogP contribution is 2.37. The summed E-state index contributed by atoms with van der Waals surface area (Å²) >= 11 is 12.3. The van der Waals surface area contributed by atoms with E-state index in [2.05, 4.69) is 4.99 Å². The zero-order valence-corrected chi connectivity index (χ0v) is 12.5. The van der Waals surface area contributed by atoms with Crippen LogP contribution < -0.4 is 10.6 Å². The number of aliphatic imine (C=N–C) groups is 1. The number of nitrogens with zero attached hydrogens (tertiary/aromatic N) is 2. The van der Waals surface area contributed by atoms with E-state index < -0.39 is 0 Å². The number of anilines is 1. The second kappa shape index (κ2) is 5.47. The van der Waals surface area contributed by atoms with Gasteiger partial charge in [0.2, 0.25) is 0 Å². The van der Waals surface area contributed by atoms with Crippen LogP contribution in [0.2, 0.25) is 10.0 Å². The number of rotatable bonds is 2. The fourth-order valence-corrected chi connectivity index (χ4v) is 2.84. The molecule has 0 bridgehead atoms. The molecule has 0 saturated heterocycles. The van der Waals surface area contributed by atoms with Crippen LogP contribution in [-0.4, -0.2) is 17.6 Å². The first-order chi connectivity index (χ1) is 10.1. The Balaban J connectivity index is 2.03. The average molecular weight is 322 g/mol. The van der Waals surface area contributed by atoms with Gasteiger partial charge in [-0.2, -0.15) is 0 Å². The lowest BCUT2D eigenvalue weighted by atomic mass is 10.1. The van der Waals surface area contributed by atoms with Gasteiger partial charge < -0.3 is 15.7 Å². The largest absolute Gasteiger partial charge is 0.506 e. The van der Waals surface area contributed by atoms with Crippen molar-refractivity contribution in [3.8, 4) is 5.75 Å². The zero-order chi connectivity index (χ0) is 15.0. The van der Waals surface area contributed by atoms with Crippen molar-refractivity contribution in [2.24, 2.45) is 10.7 Å². The van der Waals surface area contributed by atoms with Crippen molar-refractivity contribution in [2.45, 2.75) is 6.04 Å². The molecule has 1 aliphatic heterocycles. The van der Waals surface area contributed by atoms with Gasteiger partial charge in [-0.25, -0.2) is 0 Å². The SMILES string of the molecule is NC1=NCC(c2ccc(O)c(Cl)c2)N1c1ccccc1Cl. The Morgan fingerprint density at radius 3 is 2.62 bits per heavy atom. The maximum Gasteiger partial charge on any atom is 0.196 e. The molecule has 2 aromatic rings. The minimum atomic E-state index is -0.0944. The third kappa shape index (κ3) is 2.52. The van der Waals surface area contributed by atoms with Crippen LogP contribution in [0.5, 0.6) is 5.75 Å². The van der Waals surface area contributed by atoms with Crippen molar-refractivity contribution in [3.05, 3.63) is 58.1 Å². The summed E-state index contributed by atoms with van der Waals surface area (Å²) in [6.07, 6.45) is 0. The number of guanidine groups is 1. The molecular formula is C15H13Cl2N3O. The second-order valence-electron chi connectivity index (χ2n) is 4.75. The molecule has 3 rings (SSSR count). The Hall–Kier alpha value is -1.91. The Morgan fingerprint density at radius 2 is 1.90 bits per heavy atom. The van der Waals surface area contributed by atoms with Gasteiger partial charge in [0.15, 0.2) is 5.96 Å². The minimum Gasteiger partial charge on any atom is -0.506 e. The van der Waals surface area contributed by atoms with E-state index >= 15 is 0 Å². The van der Waals surface area contributed by atoms with E-state index in [0.29, 0.717) is 22.5 Å². The summed E-state index contributed by atoms with van der Waals surface area (Å²) in [7, 11) is 0. The molecule has 6 heteroatoms. The summed E-state index contributed by atoms with van der Waals surface area (Å²) in [5.41, 5.74) is 7.73. The molecule has 21 heavy (non-hydrogen) atoms. The molecule has 0 fully saturated rings. The Kier molecular flexibility index (Phi) is 3.66. The number of para-hydroxylation sites is 1. The first-order valence-electron chi connectivity index (χ1n) is 6.40. The van der Waals surface area contributed by atoms with Crippen LogP contribution in [0.15, 0.2) is 47.5 Å². The standard InChI is InChI=1S/C15H13Cl2N3O/c16-10-3-1-2-4-12(10)20-13(8-19-15(20)18)9-5-6-14(21)11(17)7-9/h1-7,13,21H,8H2,(H2,18,19). The highest BCUT2D eigenvalue weighted by Gasteiger charge is 2.30. The van der Waals surface area contributed by atoms with Crippen LogP contribution in [0, 0.1) is 0 Å². The van der Waals surface area contributed by atoms with Crippen LogP contribution in [0.25, 0.3) is 0 Å². The molecule has 0 radical (unpaired) electrons. The van der Waals surface area contributed by atoms with E-state index in [9.17, 15) is 5.11 Å². The van der Waals surface area contributed by atoms with E-state index in [0.717, 1.165) is 11.3 Å². The van der Waals surface area contributed by atoms with E-state index in [1.165, 1.54) is 0 Å². The van der Waals surface area contributed by atoms with Gasteiger partial charge in [0.1, 0.15) is 5.75 Å². The number of hydrogen-bond acceptors (Lipinski definition) is 4. The summed E-state index contributed by atoms with van der Waals surface area (Å²) < 4.78 is 0. The molecule has 2 aromatic carbocycles. The Morgan fingerprint density at radius 1 is 1.14 bits per heavy atom. The summed E-state index contributed by atoms with van der Waals surface area (Å²) in [5.74, 6) is 0.467. The third-order valence-electron chi connectivity index (χ3n) is 3.45. The van der Waals surface area contributed by atoms with Crippen molar-refractivity contribution in [2.75, 3.05) is 11.4 Å². The maximum atomic E-state index is 9.55. The number of nitrogens with two attached hydrogens (primary N) is 1. The van der Waals surface area contributed by atoms with Crippen LogP contribution in [0.3, 0.4) is 0 Å². The number of hydrogen-bond donors (Lipinski definition) is 2. The molecule has 108 valence electrons. The maximum absolute atomic E-state index is 9.55. The molecule has 0 aliphatic carbocycles. The second-order valence-corrected chi connectivity index (χ2v) is 5.56. The van der Waals surface area contributed by atoms with Gasteiger partial charge >= 0.3 is 0 Å². The van der Waals surface area contributed by atoms with Crippen LogP contribution in [0.1, 0.15) is 11.6 Å². The molecular weight excluding hydrogens is 309 g/mol. The van der Waals surface area contributed by atoms with E-state index in [-0.39, 0.29) is 11.8 Å². The van der Waals surface area contributed by atoms with E-state index in [1.807, 2.05) is 35.2 Å². The van der Waals surface area contributed by atoms with Crippen molar-refractivity contribution < 1.29 is 5.11 Å². The molecule has 1 heterocycles. The van der Waals surface area contributed by atoms with E-state index in [4.69, 9.17) is 28.9 Å². The summed E-state index contributed by atoms with van der Waals surface area (Å²) in [6, 6.07) is 12.5. The lowest BCUT2D eigenvalue weighted by molar-refractivity contribution is 0.475. The van der Waals surface area contributed by atoms with Crippen LogP contribution in [-0.2, 0) is 0 Å². The summed E-state index contributed by atoms with van der Waals surface area (Å²) in [4.78, 5) is 6.18. The van der Waals surface area contributed by atoms with Crippen LogP contribution in [0.4, 0.5) is 5.69 Å².